The highest BCUT2D eigenvalue weighted by atomic mass is 14.7. The number of nitrogens with zero attached hydrogens (tertiary/aromatic N) is 1. The van der Waals surface area contributed by atoms with E-state index in [1.807, 2.05) is 0 Å². The van der Waals surface area contributed by atoms with E-state index in [1.54, 1.807) is 0 Å². The van der Waals surface area contributed by atoms with Gasteiger partial charge in [0.1, 0.15) is 0 Å². The monoisotopic (exact) mass is 659 g/mol. The van der Waals surface area contributed by atoms with Gasteiger partial charge in [0.25, 0.3) is 0 Å². The topological polar surface area (TPSA) is 12.9 Å². The van der Waals surface area contributed by atoms with Crippen LogP contribution in [0.5, 0.6) is 0 Å². The Kier molecular flexibility index (Phi) is 12.3. The third kappa shape index (κ3) is 8.76. The number of unbranched alkanes of at least 4 members (excludes halogenated alkanes) is 2. The number of benzene rings is 6. The summed E-state index contributed by atoms with van der Waals surface area (Å²) in [5, 5.41) is 0. The second-order valence-electron chi connectivity index (χ2n) is 12.5. The first kappa shape index (κ1) is 34.8. The molecule has 1 nitrogen and oxygen atoms in total. The lowest BCUT2D eigenvalue weighted by molar-refractivity contribution is 0.772. The molecule has 7 aromatic rings. The van der Waals surface area contributed by atoms with E-state index in [0.717, 1.165) is 67.1 Å². The summed E-state index contributed by atoms with van der Waals surface area (Å²) in [6, 6.07) is 70.3. The molecule has 0 saturated carbocycles. The zero-order valence-electron chi connectivity index (χ0n) is 29.6. The van der Waals surface area contributed by atoms with Crippen molar-refractivity contribution in [3.8, 4) is 0 Å². The Hall–Kier alpha value is -6.05. The average Bonchev–Trinajstić information content (AvgIpc) is 3.21. The Labute approximate surface area is 304 Å². The van der Waals surface area contributed by atoms with Gasteiger partial charge in [-0.15, -0.1) is 0 Å². The van der Waals surface area contributed by atoms with Crippen LogP contribution in [0.4, 0.5) is 0 Å². The van der Waals surface area contributed by atoms with Crippen LogP contribution in [0.2, 0.25) is 0 Å². The average molecular weight is 660 g/mol. The molecule has 0 aliphatic rings. The van der Waals surface area contributed by atoms with E-state index >= 15 is 0 Å². The van der Waals surface area contributed by atoms with E-state index in [4.69, 9.17) is 4.98 Å². The fourth-order valence-corrected chi connectivity index (χ4v) is 6.45. The van der Waals surface area contributed by atoms with Gasteiger partial charge in [0, 0.05) is 11.1 Å². The molecule has 1 heteroatoms. The molecule has 0 radical (unpaired) electrons. The highest BCUT2D eigenvalue weighted by Crippen LogP contribution is 2.39. The van der Waals surface area contributed by atoms with Crippen LogP contribution in [-0.2, 0) is 0 Å². The summed E-state index contributed by atoms with van der Waals surface area (Å²) < 4.78 is 0. The Balaban J connectivity index is 0.000000839. The lowest BCUT2D eigenvalue weighted by Crippen LogP contribution is -2.03. The molecule has 1 aromatic heterocycles. The molecule has 0 aliphatic carbocycles. The largest absolute Gasteiger partial charge is 0.248 e. The van der Waals surface area contributed by atoms with Crippen LogP contribution in [-0.4, -0.2) is 4.98 Å². The van der Waals surface area contributed by atoms with Gasteiger partial charge in [-0.3, -0.25) is 0 Å². The fourth-order valence-electron chi connectivity index (χ4n) is 6.45. The normalized spacial score (nSPS) is 10.4. The van der Waals surface area contributed by atoms with Crippen molar-refractivity contribution in [3.63, 3.8) is 0 Å². The summed E-state index contributed by atoms with van der Waals surface area (Å²) in [7, 11) is 0. The minimum Gasteiger partial charge on any atom is -0.248 e. The van der Waals surface area contributed by atoms with Crippen molar-refractivity contribution in [2.75, 3.05) is 0 Å². The standard InChI is InChI=1S/C45H33N.C5H12/c1-7-20-34(21-8-1)42(35-22-9-2-10-23-35)44(38-28-15-5-16-29-38)40-32-19-33-41(46-40)45(39-30-17-6-18-31-39)43(36-24-11-3-12-25-36)37-26-13-4-14-27-37;1-3-5-4-2/h1-33H;3-5H2,1-2H3. The first-order valence-corrected chi connectivity index (χ1v) is 18.1. The van der Waals surface area contributed by atoms with E-state index in [2.05, 4.69) is 214 Å². The van der Waals surface area contributed by atoms with Crippen LogP contribution in [0.25, 0.3) is 22.3 Å². The number of hydrogen-bond acceptors (Lipinski definition) is 1. The van der Waals surface area contributed by atoms with E-state index in [9.17, 15) is 0 Å². The predicted molar refractivity (Wildman–Crippen MR) is 218 cm³/mol. The van der Waals surface area contributed by atoms with Gasteiger partial charge >= 0.3 is 0 Å². The second kappa shape index (κ2) is 18.1. The fraction of sp³-hybridized carbons (Fsp3) is 0.100. The molecule has 6 aromatic carbocycles. The summed E-state index contributed by atoms with van der Waals surface area (Å²) in [6.45, 7) is 4.42. The van der Waals surface area contributed by atoms with E-state index in [-0.39, 0.29) is 0 Å². The quantitative estimate of drug-likeness (QED) is 0.133. The summed E-state index contributed by atoms with van der Waals surface area (Å²) in [5.41, 5.74) is 13.1. The maximum Gasteiger partial charge on any atom is 0.0722 e. The highest BCUT2D eigenvalue weighted by Gasteiger charge is 2.21. The van der Waals surface area contributed by atoms with Crippen LogP contribution in [0.15, 0.2) is 200 Å². The maximum atomic E-state index is 5.55. The van der Waals surface area contributed by atoms with Crippen molar-refractivity contribution in [1.29, 1.82) is 0 Å². The molecule has 0 aliphatic heterocycles. The van der Waals surface area contributed by atoms with E-state index in [0.29, 0.717) is 0 Å². The molecule has 250 valence electrons. The van der Waals surface area contributed by atoms with Gasteiger partial charge in [0.2, 0.25) is 0 Å². The molecule has 1 heterocycles. The third-order valence-electron chi connectivity index (χ3n) is 8.84. The van der Waals surface area contributed by atoms with Gasteiger partial charge in [0.05, 0.1) is 11.4 Å². The SMILES string of the molecule is CCCCC.c1ccc(C(=C(c2ccccc2)c2cccc(C(=C(c3ccccc3)c3ccccc3)c3ccccc3)n2)c2ccccc2)cc1. The highest BCUT2D eigenvalue weighted by molar-refractivity contribution is 6.06. The molecular formula is C50H45N. The van der Waals surface area contributed by atoms with E-state index in [1.165, 1.54) is 19.3 Å². The lowest BCUT2D eigenvalue weighted by Gasteiger charge is -2.20. The van der Waals surface area contributed by atoms with Crippen molar-refractivity contribution < 1.29 is 0 Å². The third-order valence-corrected chi connectivity index (χ3v) is 8.84. The smallest absolute Gasteiger partial charge is 0.0722 e. The molecule has 0 bridgehead atoms. The van der Waals surface area contributed by atoms with Crippen molar-refractivity contribution in [2.45, 2.75) is 33.1 Å². The minimum atomic E-state index is 0.917. The van der Waals surface area contributed by atoms with E-state index < -0.39 is 0 Å². The molecule has 7 rings (SSSR count). The maximum absolute atomic E-state index is 5.55. The molecule has 0 N–H and O–H groups in total. The van der Waals surface area contributed by atoms with Gasteiger partial charge in [-0.25, -0.2) is 4.98 Å². The first-order valence-electron chi connectivity index (χ1n) is 18.1. The minimum absolute atomic E-state index is 0.917. The van der Waals surface area contributed by atoms with Crippen LogP contribution in [0.3, 0.4) is 0 Å². The van der Waals surface area contributed by atoms with Crippen molar-refractivity contribution in [3.05, 3.63) is 245 Å². The van der Waals surface area contributed by atoms with Crippen molar-refractivity contribution >= 4 is 22.3 Å². The number of rotatable bonds is 10. The molecular weight excluding hydrogens is 615 g/mol. The predicted octanol–water partition coefficient (Wildman–Crippen LogP) is 13.3. The number of aromatic nitrogens is 1. The molecule has 0 amide bonds. The lowest BCUT2D eigenvalue weighted by atomic mass is 9.86. The Morgan fingerprint density at radius 1 is 0.294 bits per heavy atom. The van der Waals surface area contributed by atoms with Crippen molar-refractivity contribution in [2.24, 2.45) is 0 Å². The first-order chi connectivity index (χ1) is 25.3. The van der Waals surface area contributed by atoms with Gasteiger partial charge in [-0.1, -0.05) is 221 Å². The molecule has 0 fully saturated rings. The van der Waals surface area contributed by atoms with Gasteiger partial charge < -0.3 is 0 Å². The molecule has 0 atom stereocenters. The van der Waals surface area contributed by atoms with Crippen LogP contribution in [0.1, 0.15) is 77.9 Å². The Bertz CT molecular complexity index is 1900. The molecule has 51 heavy (non-hydrogen) atoms. The van der Waals surface area contributed by atoms with Gasteiger partial charge in [-0.05, 0) is 56.7 Å². The number of hydrogen-bond donors (Lipinski definition) is 0. The zero-order valence-corrected chi connectivity index (χ0v) is 29.6. The summed E-state index contributed by atoms with van der Waals surface area (Å²) >= 11 is 0. The van der Waals surface area contributed by atoms with Gasteiger partial charge in [-0.2, -0.15) is 0 Å². The second-order valence-corrected chi connectivity index (χ2v) is 12.5. The van der Waals surface area contributed by atoms with Crippen molar-refractivity contribution in [1.82, 2.24) is 4.98 Å². The van der Waals surface area contributed by atoms with Crippen LogP contribution in [0, 0.1) is 0 Å². The summed E-state index contributed by atoms with van der Waals surface area (Å²) in [4.78, 5) is 5.55. The molecule has 0 unspecified atom stereocenters. The Morgan fingerprint density at radius 3 is 0.745 bits per heavy atom. The van der Waals surface area contributed by atoms with Gasteiger partial charge in [0.15, 0.2) is 0 Å². The molecule has 0 saturated heterocycles. The van der Waals surface area contributed by atoms with Crippen LogP contribution >= 0.6 is 0 Å². The summed E-state index contributed by atoms with van der Waals surface area (Å²) in [5.74, 6) is 0. The molecule has 0 spiro atoms. The zero-order chi connectivity index (χ0) is 35.1. The number of pyridine rings is 1. The Morgan fingerprint density at radius 2 is 0.529 bits per heavy atom. The van der Waals surface area contributed by atoms with Crippen LogP contribution < -0.4 is 0 Å². The summed E-state index contributed by atoms with van der Waals surface area (Å²) in [6.07, 6.45) is 4.08.